The lowest BCUT2D eigenvalue weighted by molar-refractivity contribution is -0.508. The van der Waals surface area contributed by atoms with Gasteiger partial charge >= 0.3 is 0 Å². The van der Waals surface area contributed by atoms with E-state index in [1.165, 1.54) is 16.2 Å². The first kappa shape index (κ1) is 18.5. The predicted octanol–water partition coefficient (Wildman–Crippen LogP) is 0.256. The molecule has 2 aliphatic heterocycles. The SMILES string of the molecule is CCSc1c2sc(C3=C(C(=O)[O-])N4C(=O)[C@H]([C@@H](C)O)[C@H]4[C@H]3C)c[n+]2cn1C. The summed E-state index contributed by atoms with van der Waals surface area (Å²) in [4.78, 5) is 27.5. The van der Waals surface area contributed by atoms with Crippen molar-refractivity contribution in [2.24, 2.45) is 18.9 Å². The molecule has 27 heavy (non-hydrogen) atoms. The number of carboxylic acids is 1. The maximum absolute atomic E-state index is 12.5. The molecule has 2 aromatic heterocycles. The van der Waals surface area contributed by atoms with E-state index in [-0.39, 0.29) is 23.6 Å². The molecule has 0 bridgehead atoms. The minimum Gasteiger partial charge on any atom is -0.543 e. The molecule has 144 valence electrons. The maximum Gasteiger partial charge on any atom is 0.250 e. The highest BCUT2D eigenvalue weighted by atomic mass is 32.2. The van der Waals surface area contributed by atoms with E-state index in [0.29, 0.717) is 5.57 Å². The Hall–Kier alpha value is -1.84. The van der Waals surface area contributed by atoms with Gasteiger partial charge in [0.05, 0.1) is 41.7 Å². The number of fused-ring (bicyclic) bond motifs is 2. The third-order valence-corrected chi connectivity index (χ3v) is 7.73. The van der Waals surface area contributed by atoms with Crippen LogP contribution in [0.5, 0.6) is 0 Å². The van der Waals surface area contributed by atoms with E-state index < -0.39 is 18.0 Å². The number of aryl methyl sites for hydroxylation is 1. The van der Waals surface area contributed by atoms with E-state index in [4.69, 9.17) is 0 Å². The van der Waals surface area contributed by atoms with Gasteiger partial charge in [-0.2, -0.15) is 4.40 Å². The number of carbonyl (C=O) groups is 2. The number of rotatable bonds is 5. The van der Waals surface area contributed by atoms with Gasteiger partial charge in [0.1, 0.15) is 6.20 Å². The molecule has 1 N–H and O–H groups in total. The van der Waals surface area contributed by atoms with Gasteiger partial charge in [0.15, 0.2) is 0 Å². The Bertz CT molecular complexity index is 990. The lowest BCUT2D eigenvalue weighted by atomic mass is 9.77. The Balaban J connectivity index is 1.84. The van der Waals surface area contributed by atoms with E-state index in [1.54, 1.807) is 18.7 Å². The summed E-state index contributed by atoms with van der Waals surface area (Å²) in [6.45, 7) is 5.58. The summed E-state index contributed by atoms with van der Waals surface area (Å²) in [6.07, 6.45) is 3.07. The molecule has 1 saturated heterocycles. The monoisotopic (exact) mass is 407 g/mol. The third-order valence-electron chi connectivity index (χ3n) is 5.41. The van der Waals surface area contributed by atoms with Crippen LogP contribution in [0.2, 0.25) is 0 Å². The number of β-lactam (4-membered cyclic amide) rings is 1. The number of carbonyl (C=O) groups excluding carboxylic acids is 2. The summed E-state index contributed by atoms with van der Waals surface area (Å²) in [6, 6.07) is -0.331. The Morgan fingerprint density at radius 2 is 2.22 bits per heavy atom. The van der Waals surface area contributed by atoms with Crippen molar-refractivity contribution in [3.8, 4) is 0 Å². The summed E-state index contributed by atoms with van der Waals surface area (Å²) in [5, 5.41) is 23.0. The number of aliphatic carboxylic acids is 1. The minimum absolute atomic E-state index is 0.0482. The van der Waals surface area contributed by atoms with Crippen LogP contribution >= 0.6 is 23.1 Å². The van der Waals surface area contributed by atoms with Crippen molar-refractivity contribution >= 4 is 45.4 Å². The van der Waals surface area contributed by atoms with E-state index >= 15 is 0 Å². The molecular formula is C18H21N3O4S2. The normalized spacial score (nSPS) is 25.9. The number of carboxylic acid groups (broad SMARTS) is 1. The Morgan fingerprint density at radius 3 is 2.81 bits per heavy atom. The number of nitrogens with zero attached hydrogens (tertiary/aromatic N) is 3. The van der Waals surface area contributed by atoms with E-state index in [2.05, 4.69) is 11.5 Å². The highest BCUT2D eigenvalue weighted by Gasteiger charge is 2.59. The molecule has 4 rings (SSSR count). The van der Waals surface area contributed by atoms with Gasteiger partial charge in [-0.25, -0.2) is 4.57 Å². The second-order valence-corrected chi connectivity index (χ2v) is 9.36. The molecular weight excluding hydrogens is 386 g/mol. The van der Waals surface area contributed by atoms with Crippen LogP contribution in [0.4, 0.5) is 0 Å². The van der Waals surface area contributed by atoms with Gasteiger partial charge < -0.3 is 19.9 Å². The van der Waals surface area contributed by atoms with Gasteiger partial charge in [-0.15, -0.1) is 0 Å². The van der Waals surface area contributed by atoms with Crippen molar-refractivity contribution in [1.29, 1.82) is 0 Å². The molecule has 9 heteroatoms. The van der Waals surface area contributed by atoms with E-state index in [1.807, 2.05) is 30.9 Å². The smallest absolute Gasteiger partial charge is 0.250 e. The number of thiazole rings is 1. The number of aliphatic hydroxyl groups is 1. The van der Waals surface area contributed by atoms with E-state index in [9.17, 15) is 19.8 Å². The first-order valence-corrected chi connectivity index (χ1v) is 10.7. The number of hydrogen-bond acceptors (Lipinski definition) is 6. The molecule has 7 nitrogen and oxygen atoms in total. The van der Waals surface area contributed by atoms with Crippen LogP contribution in [0.15, 0.2) is 23.2 Å². The molecule has 0 aromatic carbocycles. The first-order valence-electron chi connectivity index (χ1n) is 8.87. The molecule has 0 unspecified atom stereocenters. The molecule has 2 aliphatic rings. The molecule has 4 atom stereocenters. The molecule has 0 radical (unpaired) electrons. The lowest BCUT2D eigenvalue weighted by Gasteiger charge is -2.47. The van der Waals surface area contributed by atoms with Crippen LogP contribution in [0.1, 0.15) is 25.6 Å². The van der Waals surface area contributed by atoms with Gasteiger partial charge in [0, 0.05) is 11.5 Å². The Kier molecular flexibility index (Phi) is 4.36. The zero-order valence-electron chi connectivity index (χ0n) is 15.5. The van der Waals surface area contributed by atoms with Crippen molar-refractivity contribution in [3.05, 3.63) is 23.1 Å². The van der Waals surface area contributed by atoms with Crippen LogP contribution in [0, 0.1) is 11.8 Å². The topological polar surface area (TPSA) is 89.7 Å². The van der Waals surface area contributed by atoms with Crippen molar-refractivity contribution in [2.75, 3.05) is 5.75 Å². The highest BCUT2D eigenvalue weighted by molar-refractivity contribution is 7.99. The molecule has 2 aromatic rings. The quantitative estimate of drug-likeness (QED) is 0.436. The third kappa shape index (κ3) is 2.48. The molecule has 0 saturated carbocycles. The average Bonchev–Trinajstić information content (AvgIpc) is 3.17. The second kappa shape index (κ2) is 6.35. The van der Waals surface area contributed by atoms with Crippen LogP contribution in [0.25, 0.3) is 10.4 Å². The maximum atomic E-state index is 12.5. The van der Waals surface area contributed by atoms with Gasteiger partial charge in [-0.3, -0.25) is 4.79 Å². The summed E-state index contributed by atoms with van der Waals surface area (Å²) in [5.74, 6) is -1.50. The summed E-state index contributed by atoms with van der Waals surface area (Å²) in [7, 11) is 1.99. The number of amides is 1. The van der Waals surface area contributed by atoms with Gasteiger partial charge in [-0.1, -0.05) is 36.9 Å². The van der Waals surface area contributed by atoms with Crippen LogP contribution in [0.3, 0.4) is 0 Å². The summed E-state index contributed by atoms with van der Waals surface area (Å²) < 4.78 is 4.05. The van der Waals surface area contributed by atoms with Crippen molar-refractivity contribution in [3.63, 3.8) is 0 Å². The average molecular weight is 408 g/mol. The molecule has 1 amide bonds. The zero-order valence-corrected chi connectivity index (χ0v) is 17.1. The van der Waals surface area contributed by atoms with Gasteiger partial charge in [-0.05, 0) is 12.7 Å². The fraction of sp³-hybridized carbons (Fsp3) is 0.500. The number of aromatic nitrogens is 2. The van der Waals surface area contributed by atoms with Crippen LogP contribution < -0.4 is 9.51 Å². The van der Waals surface area contributed by atoms with Gasteiger partial charge in [0.2, 0.25) is 22.1 Å². The minimum atomic E-state index is -1.34. The van der Waals surface area contributed by atoms with Gasteiger partial charge in [0.25, 0.3) is 0 Å². The fourth-order valence-corrected chi connectivity index (χ4v) is 6.56. The first-order chi connectivity index (χ1) is 12.8. The van der Waals surface area contributed by atoms with Crippen molar-refractivity contribution < 1.29 is 24.2 Å². The Labute approximate surface area is 164 Å². The lowest BCUT2D eigenvalue weighted by Crippen LogP contribution is -2.64. The molecule has 0 aliphatic carbocycles. The number of hydrogen-bond donors (Lipinski definition) is 1. The molecule has 0 spiro atoms. The zero-order chi connectivity index (χ0) is 19.6. The standard InChI is InChI=1S/C18H21N3O4S2/c1-5-26-16-17-20(7-19(16)4)6-10(27-17)11-8(2)13-12(9(3)22)15(23)21(13)14(11)18(24)25/h6-9,12-13,22H,5H2,1-4H3/t8-,9+,12+,13+/m0/s1. The van der Waals surface area contributed by atoms with Crippen molar-refractivity contribution in [1.82, 2.24) is 9.47 Å². The molecule has 4 heterocycles. The summed E-state index contributed by atoms with van der Waals surface area (Å²) >= 11 is 3.25. The predicted molar refractivity (Wildman–Crippen MR) is 99.7 cm³/mol. The number of aliphatic hydroxyl groups excluding tert-OH is 1. The highest BCUT2D eigenvalue weighted by Crippen LogP contribution is 2.51. The summed E-state index contributed by atoms with van der Waals surface area (Å²) in [5.41, 5.74) is 0.577. The Morgan fingerprint density at radius 1 is 1.52 bits per heavy atom. The fourth-order valence-electron chi connectivity index (χ4n) is 4.31. The van der Waals surface area contributed by atoms with Crippen LogP contribution in [-0.4, -0.2) is 44.3 Å². The second-order valence-electron chi connectivity index (χ2n) is 7.08. The largest absolute Gasteiger partial charge is 0.543 e. The molecule has 1 fully saturated rings. The van der Waals surface area contributed by atoms with Crippen molar-refractivity contribution in [2.45, 2.75) is 37.9 Å². The van der Waals surface area contributed by atoms with E-state index in [0.717, 1.165) is 20.5 Å². The van der Waals surface area contributed by atoms with Crippen LogP contribution in [-0.2, 0) is 16.6 Å². The number of imidazole rings is 1. The number of thioether (sulfide) groups is 1.